The van der Waals surface area contributed by atoms with Gasteiger partial charge in [-0.3, -0.25) is 9.59 Å². The Morgan fingerprint density at radius 2 is 2.11 bits per heavy atom. The summed E-state index contributed by atoms with van der Waals surface area (Å²) in [4.78, 5) is 24.3. The average molecular weight is 247 g/mol. The smallest absolute Gasteiger partial charge is 0.294 e. The quantitative estimate of drug-likeness (QED) is 0.620. The Morgan fingerprint density at radius 3 is 2.67 bits per heavy atom. The lowest BCUT2D eigenvalue weighted by atomic mass is 10.1. The van der Waals surface area contributed by atoms with Gasteiger partial charge in [0.2, 0.25) is 5.78 Å². The lowest BCUT2D eigenvalue weighted by Crippen LogP contribution is -2.22. The van der Waals surface area contributed by atoms with Crippen molar-refractivity contribution in [3.63, 3.8) is 0 Å². The molecule has 0 aliphatic carbocycles. The molecule has 1 aromatic carbocycles. The van der Waals surface area contributed by atoms with E-state index in [-0.39, 0.29) is 5.75 Å². The van der Waals surface area contributed by atoms with Crippen molar-refractivity contribution in [2.24, 2.45) is 0 Å². The summed E-state index contributed by atoms with van der Waals surface area (Å²) >= 11 is 0. The monoisotopic (exact) mass is 247 g/mol. The number of aromatic hydroxyl groups is 1. The van der Waals surface area contributed by atoms with Crippen LogP contribution < -0.4 is 4.74 Å². The van der Waals surface area contributed by atoms with Crippen LogP contribution in [0.4, 0.5) is 0 Å². The molecule has 1 aromatic rings. The molecule has 1 saturated heterocycles. The fourth-order valence-corrected chi connectivity index (χ4v) is 1.81. The zero-order chi connectivity index (χ0) is 13.3. The largest absolute Gasteiger partial charge is 0.504 e. The van der Waals surface area contributed by atoms with E-state index in [9.17, 15) is 14.7 Å². The molecule has 18 heavy (non-hydrogen) atoms. The number of phenolic OH excluding ortho intramolecular Hbond substituents is 1. The van der Waals surface area contributed by atoms with Crippen LogP contribution in [-0.4, -0.2) is 42.4 Å². The van der Waals surface area contributed by atoms with Gasteiger partial charge in [-0.25, -0.2) is 0 Å². The fourth-order valence-electron chi connectivity index (χ4n) is 1.81. The van der Waals surface area contributed by atoms with E-state index in [1.54, 1.807) is 25.3 Å². The molecule has 1 fully saturated rings. The first-order chi connectivity index (χ1) is 8.52. The van der Waals surface area contributed by atoms with E-state index < -0.39 is 11.7 Å². The van der Waals surface area contributed by atoms with E-state index in [0.29, 0.717) is 23.4 Å². The maximum Gasteiger partial charge on any atom is 0.294 e. The summed E-state index contributed by atoms with van der Waals surface area (Å²) in [6.45, 7) is 0.306. The summed E-state index contributed by atoms with van der Waals surface area (Å²) in [5.41, 5.74) is 1.14. The standard InChI is InChI=1S/C13H13NO4/c1-14-7-9(12(16)13(14)17)5-8-3-4-10(15)11(6-8)18-2/h3-6,15H,7H2,1-2H3/b9-5+. The minimum Gasteiger partial charge on any atom is -0.504 e. The van der Waals surface area contributed by atoms with Crippen molar-refractivity contribution < 1.29 is 19.4 Å². The third kappa shape index (κ3) is 2.07. The number of ketones is 1. The van der Waals surface area contributed by atoms with Crippen LogP contribution in [0, 0.1) is 0 Å². The highest BCUT2D eigenvalue weighted by Crippen LogP contribution is 2.27. The van der Waals surface area contributed by atoms with Crippen LogP contribution in [0.1, 0.15) is 5.56 Å². The third-order valence-electron chi connectivity index (χ3n) is 2.78. The van der Waals surface area contributed by atoms with Crippen molar-refractivity contribution in [1.82, 2.24) is 4.90 Å². The Kier molecular flexibility index (Phi) is 3.06. The number of hydrogen-bond donors (Lipinski definition) is 1. The highest BCUT2D eigenvalue weighted by molar-refractivity contribution is 6.45. The van der Waals surface area contributed by atoms with Crippen LogP contribution in [-0.2, 0) is 9.59 Å². The van der Waals surface area contributed by atoms with Gasteiger partial charge in [-0.1, -0.05) is 6.07 Å². The molecule has 1 aliphatic rings. The van der Waals surface area contributed by atoms with E-state index in [1.165, 1.54) is 18.1 Å². The summed E-state index contributed by atoms with van der Waals surface area (Å²) in [5.74, 6) is -0.614. The van der Waals surface area contributed by atoms with Crippen LogP contribution in [0.15, 0.2) is 23.8 Å². The number of likely N-dealkylation sites (tertiary alicyclic amines) is 1. The fraction of sp³-hybridized carbons (Fsp3) is 0.231. The highest BCUT2D eigenvalue weighted by Gasteiger charge is 2.31. The van der Waals surface area contributed by atoms with Gasteiger partial charge >= 0.3 is 0 Å². The molecule has 1 N–H and O–H groups in total. The summed E-state index contributed by atoms with van der Waals surface area (Å²) in [7, 11) is 3.03. The second-order valence-corrected chi connectivity index (χ2v) is 4.09. The molecule has 94 valence electrons. The predicted molar refractivity (Wildman–Crippen MR) is 65.3 cm³/mol. The van der Waals surface area contributed by atoms with E-state index in [1.807, 2.05) is 0 Å². The van der Waals surface area contributed by atoms with Gasteiger partial charge < -0.3 is 14.7 Å². The van der Waals surface area contributed by atoms with Gasteiger partial charge in [-0.05, 0) is 23.8 Å². The first kappa shape index (κ1) is 12.2. The van der Waals surface area contributed by atoms with E-state index in [4.69, 9.17) is 4.74 Å². The maximum absolute atomic E-state index is 11.6. The first-order valence-corrected chi connectivity index (χ1v) is 5.40. The molecular formula is C13H13NO4. The van der Waals surface area contributed by atoms with Crippen LogP contribution in [0.25, 0.3) is 6.08 Å². The highest BCUT2D eigenvalue weighted by atomic mass is 16.5. The molecule has 1 aliphatic heterocycles. The van der Waals surface area contributed by atoms with Crippen LogP contribution >= 0.6 is 0 Å². The molecule has 0 unspecified atom stereocenters. The maximum atomic E-state index is 11.6. The zero-order valence-electron chi connectivity index (χ0n) is 10.1. The number of carbonyl (C=O) groups excluding carboxylic acids is 2. The van der Waals surface area contributed by atoms with Gasteiger partial charge in [-0.2, -0.15) is 0 Å². The van der Waals surface area contributed by atoms with Gasteiger partial charge in [-0.15, -0.1) is 0 Å². The Morgan fingerprint density at radius 1 is 1.39 bits per heavy atom. The van der Waals surface area contributed by atoms with Crippen molar-refractivity contribution in [3.05, 3.63) is 29.3 Å². The SMILES string of the molecule is COc1cc(/C=C2\CN(C)C(=O)C2=O)ccc1O. The Bertz CT molecular complexity index is 548. The van der Waals surface area contributed by atoms with Crippen molar-refractivity contribution in [2.45, 2.75) is 0 Å². The molecular weight excluding hydrogens is 234 g/mol. The number of hydrogen-bond acceptors (Lipinski definition) is 4. The molecule has 5 nitrogen and oxygen atoms in total. The minimum absolute atomic E-state index is 0.0330. The molecule has 0 radical (unpaired) electrons. The zero-order valence-corrected chi connectivity index (χ0v) is 10.1. The van der Waals surface area contributed by atoms with Gasteiger partial charge in [0.15, 0.2) is 11.5 Å². The number of benzene rings is 1. The third-order valence-corrected chi connectivity index (χ3v) is 2.78. The molecule has 0 atom stereocenters. The second-order valence-electron chi connectivity index (χ2n) is 4.09. The van der Waals surface area contributed by atoms with Crippen LogP contribution in [0.3, 0.4) is 0 Å². The van der Waals surface area contributed by atoms with Gasteiger partial charge in [0, 0.05) is 19.2 Å². The van der Waals surface area contributed by atoms with E-state index in [0.717, 1.165) is 0 Å². The van der Waals surface area contributed by atoms with Crippen molar-refractivity contribution in [1.29, 1.82) is 0 Å². The average Bonchev–Trinajstić information content (AvgIpc) is 2.59. The van der Waals surface area contributed by atoms with Crippen LogP contribution in [0.2, 0.25) is 0 Å². The van der Waals surface area contributed by atoms with Crippen molar-refractivity contribution in [3.8, 4) is 11.5 Å². The summed E-state index contributed by atoms with van der Waals surface area (Å²) in [6.07, 6.45) is 1.63. The first-order valence-electron chi connectivity index (χ1n) is 5.40. The number of methoxy groups -OCH3 is 1. The lowest BCUT2D eigenvalue weighted by molar-refractivity contribution is -0.138. The molecule has 0 saturated carbocycles. The normalized spacial score (nSPS) is 17.7. The molecule has 0 aromatic heterocycles. The molecule has 1 heterocycles. The van der Waals surface area contributed by atoms with E-state index in [2.05, 4.69) is 0 Å². The molecule has 2 rings (SSSR count). The number of nitrogens with zero attached hydrogens (tertiary/aromatic N) is 1. The Labute approximate surface area is 104 Å². The summed E-state index contributed by atoms with van der Waals surface area (Å²) < 4.78 is 4.98. The number of likely N-dealkylation sites (N-methyl/N-ethyl adjacent to an activating group) is 1. The molecule has 1 amide bonds. The number of ether oxygens (including phenoxy) is 1. The van der Waals surface area contributed by atoms with E-state index >= 15 is 0 Å². The number of amides is 1. The van der Waals surface area contributed by atoms with Gasteiger partial charge in [0.25, 0.3) is 5.91 Å². The number of Topliss-reactive ketones (excluding diaryl/α,β-unsaturated/α-hetero) is 1. The topological polar surface area (TPSA) is 66.8 Å². The van der Waals surface area contributed by atoms with Gasteiger partial charge in [0.1, 0.15) is 0 Å². The number of phenols is 1. The Hall–Kier alpha value is -2.30. The second kappa shape index (κ2) is 4.52. The lowest BCUT2D eigenvalue weighted by Gasteiger charge is -2.05. The molecule has 5 heteroatoms. The molecule has 0 bridgehead atoms. The van der Waals surface area contributed by atoms with Crippen LogP contribution in [0.5, 0.6) is 11.5 Å². The Balaban J connectivity index is 2.34. The minimum atomic E-state index is -0.494. The number of rotatable bonds is 2. The van der Waals surface area contributed by atoms with Crippen molar-refractivity contribution in [2.75, 3.05) is 20.7 Å². The summed E-state index contributed by atoms with van der Waals surface area (Å²) in [6, 6.07) is 4.75. The van der Waals surface area contributed by atoms with Crippen molar-refractivity contribution >= 4 is 17.8 Å². The van der Waals surface area contributed by atoms with Gasteiger partial charge in [0.05, 0.1) is 7.11 Å². The molecule has 0 spiro atoms. The summed E-state index contributed by atoms with van der Waals surface area (Å²) in [5, 5.41) is 9.46. The predicted octanol–water partition coefficient (Wildman–Crippen LogP) is 0.825. The number of carbonyl (C=O) groups is 2.